The van der Waals surface area contributed by atoms with Gasteiger partial charge in [-0.25, -0.2) is 8.78 Å². The Morgan fingerprint density at radius 1 is 0.791 bits per heavy atom. The van der Waals surface area contributed by atoms with Crippen LogP contribution in [0.25, 0.3) is 0 Å². The third kappa shape index (κ3) is 6.80. The number of halogens is 2. The second kappa shape index (κ2) is 13.6. The second-order valence-corrected chi connectivity index (χ2v) is 11.4. The van der Waals surface area contributed by atoms with E-state index in [1.165, 1.54) is 36.4 Å². The molecule has 8 nitrogen and oxygen atoms in total. The van der Waals surface area contributed by atoms with Crippen molar-refractivity contribution in [1.29, 1.82) is 0 Å². The van der Waals surface area contributed by atoms with Crippen LogP contribution in [0.4, 0.5) is 14.5 Å². The fourth-order valence-corrected chi connectivity index (χ4v) is 6.10. The Kier molecular flexibility index (Phi) is 9.85. The Morgan fingerprint density at radius 2 is 1.40 bits per heavy atom. The van der Waals surface area contributed by atoms with Gasteiger partial charge in [0.05, 0.1) is 30.8 Å². The number of aliphatic hydroxyl groups excluding tert-OH is 5. The molecule has 0 aromatic heterocycles. The molecule has 0 bridgehead atoms. The molecule has 2 fully saturated rings. The number of ether oxygens (including phenoxy) is 1. The minimum Gasteiger partial charge on any atom is -0.394 e. The van der Waals surface area contributed by atoms with E-state index in [0.717, 1.165) is 11.1 Å². The molecule has 3 aromatic carbocycles. The Bertz CT molecular complexity index is 1350. The molecule has 8 unspecified atom stereocenters. The molecule has 2 aliphatic rings. The fraction of sp³-hybridized carbons (Fsp3) is 0.424. The summed E-state index contributed by atoms with van der Waals surface area (Å²) in [4.78, 5) is 15.0. The van der Waals surface area contributed by atoms with Gasteiger partial charge in [0.1, 0.15) is 36.1 Å². The van der Waals surface area contributed by atoms with Crippen LogP contribution in [-0.2, 0) is 16.0 Å². The Hall–Kier alpha value is -3.25. The quantitative estimate of drug-likeness (QED) is 0.214. The first-order valence-corrected chi connectivity index (χ1v) is 14.6. The van der Waals surface area contributed by atoms with Crippen molar-refractivity contribution >= 4 is 11.6 Å². The lowest BCUT2D eigenvalue weighted by Gasteiger charge is -2.48. The highest BCUT2D eigenvalue weighted by atomic mass is 19.1. The van der Waals surface area contributed by atoms with E-state index in [2.05, 4.69) is 0 Å². The zero-order valence-electron chi connectivity index (χ0n) is 23.5. The predicted molar refractivity (Wildman–Crippen MR) is 154 cm³/mol. The highest BCUT2D eigenvalue weighted by Gasteiger charge is 2.48. The highest BCUT2D eigenvalue weighted by Crippen LogP contribution is 2.46. The molecule has 0 saturated carbocycles. The Morgan fingerprint density at radius 3 is 2.02 bits per heavy atom. The van der Waals surface area contributed by atoms with E-state index in [1.807, 2.05) is 24.3 Å². The molecular weight excluding hydrogens is 560 g/mol. The number of hydrogen-bond donors (Lipinski definition) is 5. The topological polar surface area (TPSA) is 131 Å². The van der Waals surface area contributed by atoms with Gasteiger partial charge in [0.2, 0.25) is 5.91 Å². The van der Waals surface area contributed by atoms with Gasteiger partial charge in [0.25, 0.3) is 0 Å². The summed E-state index contributed by atoms with van der Waals surface area (Å²) >= 11 is 0. The van der Waals surface area contributed by atoms with Gasteiger partial charge in [-0.05, 0) is 85.2 Å². The molecule has 0 radical (unpaired) electrons. The SMILES string of the molecule is O=C1C(CCC(O)c2ccc(F)cc2)C(c2ccc(CCCC3OC(CO)C(O)C(O)C3O)cc2)N1c1ccc(F)cc1. The number of anilines is 1. The van der Waals surface area contributed by atoms with Crippen molar-refractivity contribution in [2.75, 3.05) is 11.5 Å². The molecule has 0 aliphatic carbocycles. The fourth-order valence-electron chi connectivity index (χ4n) is 6.10. The number of carbonyl (C=O) groups excluding carboxylic acids is 1. The molecule has 8 atom stereocenters. The molecule has 2 aliphatic heterocycles. The van der Waals surface area contributed by atoms with Crippen molar-refractivity contribution in [2.24, 2.45) is 5.92 Å². The summed E-state index contributed by atoms with van der Waals surface area (Å²) in [5, 5.41) is 50.4. The monoisotopic (exact) mass is 597 g/mol. The van der Waals surface area contributed by atoms with Crippen molar-refractivity contribution in [2.45, 2.75) is 74.8 Å². The number of aliphatic hydroxyl groups is 5. The number of amides is 1. The van der Waals surface area contributed by atoms with Crippen molar-refractivity contribution in [3.63, 3.8) is 0 Å². The van der Waals surface area contributed by atoms with E-state index < -0.39 is 60.8 Å². The van der Waals surface area contributed by atoms with Crippen LogP contribution in [0.1, 0.15) is 54.5 Å². The van der Waals surface area contributed by atoms with Crippen LogP contribution < -0.4 is 4.90 Å². The van der Waals surface area contributed by atoms with E-state index in [1.54, 1.807) is 17.0 Å². The maximum atomic E-state index is 13.6. The van der Waals surface area contributed by atoms with E-state index in [9.17, 15) is 39.1 Å². The van der Waals surface area contributed by atoms with Gasteiger partial charge in [0, 0.05) is 5.69 Å². The molecule has 1 amide bonds. The van der Waals surface area contributed by atoms with Gasteiger partial charge in [0.15, 0.2) is 0 Å². The number of carbonyl (C=O) groups is 1. The number of hydrogen-bond acceptors (Lipinski definition) is 7. The summed E-state index contributed by atoms with van der Waals surface area (Å²) in [5.41, 5.74) is 3.06. The molecular formula is C33H37F2NO7. The lowest BCUT2D eigenvalue weighted by molar-refractivity contribution is -0.230. The van der Waals surface area contributed by atoms with Crippen LogP contribution in [-0.4, -0.2) is 68.6 Å². The smallest absolute Gasteiger partial charge is 0.233 e. The Balaban J connectivity index is 1.25. The molecule has 2 saturated heterocycles. The minimum absolute atomic E-state index is 0.119. The van der Waals surface area contributed by atoms with Crippen LogP contribution in [0.2, 0.25) is 0 Å². The maximum Gasteiger partial charge on any atom is 0.233 e. The number of aryl methyl sites for hydroxylation is 1. The largest absolute Gasteiger partial charge is 0.394 e. The highest BCUT2D eigenvalue weighted by molar-refractivity contribution is 6.03. The molecule has 5 rings (SSSR count). The summed E-state index contributed by atoms with van der Waals surface area (Å²) in [7, 11) is 0. The van der Waals surface area contributed by atoms with Gasteiger partial charge in [-0.15, -0.1) is 0 Å². The molecule has 230 valence electrons. The number of rotatable bonds is 11. The summed E-state index contributed by atoms with van der Waals surface area (Å²) in [6, 6.07) is 18.9. The maximum absolute atomic E-state index is 13.6. The van der Waals surface area contributed by atoms with Crippen molar-refractivity contribution in [3.05, 3.63) is 101 Å². The van der Waals surface area contributed by atoms with Crippen LogP contribution in [0, 0.1) is 17.6 Å². The molecule has 10 heteroatoms. The molecule has 5 N–H and O–H groups in total. The van der Waals surface area contributed by atoms with Gasteiger partial charge in [-0.1, -0.05) is 36.4 Å². The summed E-state index contributed by atoms with van der Waals surface area (Å²) in [5.74, 6) is -1.32. The summed E-state index contributed by atoms with van der Waals surface area (Å²) in [6.45, 7) is -0.465. The lowest BCUT2D eigenvalue weighted by atomic mass is 9.78. The van der Waals surface area contributed by atoms with E-state index in [0.29, 0.717) is 43.4 Å². The summed E-state index contributed by atoms with van der Waals surface area (Å²) < 4.78 is 32.5. The standard InChI is InChI=1S/C33H37F2NO7/c34-22-10-8-20(9-11-22)26(38)17-16-25-29(36(33(25)42)24-14-12-23(35)13-15-24)21-6-4-19(5-7-21)2-1-3-27-30(39)32(41)31(40)28(18-37)43-27/h4-15,25-32,37-41H,1-3,16-18H2. The van der Waals surface area contributed by atoms with E-state index in [-0.39, 0.29) is 11.9 Å². The van der Waals surface area contributed by atoms with Crippen LogP contribution in [0.5, 0.6) is 0 Å². The third-order valence-electron chi connectivity index (χ3n) is 8.59. The van der Waals surface area contributed by atoms with Crippen LogP contribution >= 0.6 is 0 Å². The molecule has 3 aromatic rings. The molecule has 2 heterocycles. The zero-order chi connectivity index (χ0) is 30.7. The minimum atomic E-state index is -1.39. The van der Waals surface area contributed by atoms with Gasteiger partial charge < -0.3 is 35.2 Å². The van der Waals surface area contributed by atoms with Crippen molar-refractivity contribution in [1.82, 2.24) is 0 Å². The first-order chi connectivity index (χ1) is 20.7. The van der Waals surface area contributed by atoms with Gasteiger partial charge in [-0.2, -0.15) is 0 Å². The van der Waals surface area contributed by atoms with Gasteiger partial charge in [-0.3, -0.25) is 4.79 Å². The van der Waals surface area contributed by atoms with Crippen LogP contribution in [0.3, 0.4) is 0 Å². The molecule has 0 spiro atoms. The van der Waals surface area contributed by atoms with E-state index >= 15 is 0 Å². The number of benzene rings is 3. The first kappa shape index (κ1) is 31.2. The predicted octanol–water partition coefficient (Wildman–Crippen LogP) is 3.35. The first-order valence-electron chi connectivity index (χ1n) is 14.6. The normalized spacial score (nSPS) is 28.0. The average molecular weight is 598 g/mol. The zero-order valence-corrected chi connectivity index (χ0v) is 23.5. The second-order valence-electron chi connectivity index (χ2n) is 11.4. The lowest BCUT2D eigenvalue weighted by Crippen LogP contribution is -2.58. The average Bonchev–Trinajstić information content (AvgIpc) is 3.01. The summed E-state index contributed by atoms with van der Waals surface area (Å²) in [6.07, 6.45) is -4.13. The van der Waals surface area contributed by atoms with Crippen LogP contribution in [0.15, 0.2) is 72.8 Å². The van der Waals surface area contributed by atoms with Gasteiger partial charge >= 0.3 is 0 Å². The number of β-lactam (4-membered cyclic amide) rings is 1. The third-order valence-corrected chi connectivity index (χ3v) is 8.59. The van der Waals surface area contributed by atoms with E-state index in [4.69, 9.17) is 4.74 Å². The number of nitrogens with zero attached hydrogens (tertiary/aromatic N) is 1. The van der Waals surface area contributed by atoms with Crippen molar-refractivity contribution in [3.8, 4) is 0 Å². The van der Waals surface area contributed by atoms with Crippen molar-refractivity contribution < 1.29 is 43.8 Å². The Labute approximate surface area is 248 Å². The molecule has 43 heavy (non-hydrogen) atoms.